The van der Waals surface area contributed by atoms with Gasteiger partial charge in [0.15, 0.2) is 10.9 Å². The van der Waals surface area contributed by atoms with Gasteiger partial charge in [-0.3, -0.25) is 9.48 Å². The molecule has 144 valence electrons. The second-order valence-electron chi connectivity index (χ2n) is 5.90. The van der Waals surface area contributed by atoms with Gasteiger partial charge in [-0.15, -0.1) is 0 Å². The van der Waals surface area contributed by atoms with Crippen LogP contribution in [-0.4, -0.2) is 33.8 Å². The molecule has 0 bridgehead atoms. The topological polar surface area (TPSA) is 98.4 Å². The van der Waals surface area contributed by atoms with Crippen molar-refractivity contribution in [2.75, 3.05) is 17.7 Å². The Morgan fingerprint density at radius 2 is 2.00 bits per heavy atom. The van der Waals surface area contributed by atoms with E-state index in [0.29, 0.717) is 34.4 Å². The van der Waals surface area contributed by atoms with Crippen LogP contribution < -0.4 is 10.6 Å². The Hall–Kier alpha value is -3.46. The second kappa shape index (κ2) is 8.49. The number of carbonyl (C=O) groups is 2. The molecule has 0 saturated carbocycles. The predicted octanol–water partition coefficient (Wildman–Crippen LogP) is 3.32. The first-order valence-electron chi connectivity index (χ1n) is 8.33. The van der Waals surface area contributed by atoms with Crippen LogP contribution in [0.1, 0.15) is 33.6 Å². The Bertz CT molecular complexity index is 1020. The van der Waals surface area contributed by atoms with Crippen molar-refractivity contribution in [3.05, 3.63) is 65.9 Å². The number of hydrogen-bond acceptors (Lipinski definition) is 6. The summed E-state index contributed by atoms with van der Waals surface area (Å²) in [5, 5.41) is 10.6. The van der Waals surface area contributed by atoms with Crippen LogP contribution in [0.4, 0.5) is 11.4 Å². The number of rotatable bonds is 6. The molecule has 28 heavy (non-hydrogen) atoms. The minimum absolute atomic E-state index is 0.0166. The summed E-state index contributed by atoms with van der Waals surface area (Å²) >= 11 is 5.30. The molecule has 0 amide bonds. The molecule has 0 unspecified atom stereocenters. The molecule has 0 radical (unpaired) electrons. The molecule has 0 aliphatic carbocycles. The molecule has 2 heterocycles. The van der Waals surface area contributed by atoms with Gasteiger partial charge in [-0.2, -0.15) is 5.10 Å². The molecule has 0 aliphatic rings. The number of thiocarbonyl (C=S) groups is 1. The summed E-state index contributed by atoms with van der Waals surface area (Å²) in [6, 6.07) is 10.3. The van der Waals surface area contributed by atoms with Crippen molar-refractivity contribution in [2.24, 2.45) is 0 Å². The lowest BCUT2D eigenvalue weighted by Gasteiger charge is -2.09. The van der Waals surface area contributed by atoms with Gasteiger partial charge in [-0.05, 0) is 43.4 Å². The maximum Gasteiger partial charge on any atom is 0.373 e. The van der Waals surface area contributed by atoms with E-state index in [4.69, 9.17) is 16.6 Å². The Labute approximate surface area is 166 Å². The number of carbonyl (C=O) groups excluding carboxylic acids is 2. The Kier molecular flexibility index (Phi) is 5.85. The summed E-state index contributed by atoms with van der Waals surface area (Å²) in [5.74, 6) is 0.161. The Morgan fingerprint density at radius 3 is 2.75 bits per heavy atom. The van der Waals surface area contributed by atoms with E-state index >= 15 is 0 Å². The fraction of sp³-hybridized carbons (Fsp3) is 0.158. The second-order valence-corrected chi connectivity index (χ2v) is 6.31. The SMILES string of the molecule is COC(=O)c1ccc(Cn2cc(NC(=S)Nc3cccc(C(C)=O)c3)cn2)o1. The van der Waals surface area contributed by atoms with Crippen molar-refractivity contribution < 1.29 is 18.7 Å². The van der Waals surface area contributed by atoms with Crippen molar-refractivity contribution >= 4 is 40.5 Å². The quantitative estimate of drug-likeness (QED) is 0.371. The highest BCUT2D eigenvalue weighted by molar-refractivity contribution is 7.80. The van der Waals surface area contributed by atoms with Crippen LogP contribution in [0.15, 0.2) is 53.2 Å². The number of ketones is 1. The lowest BCUT2D eigenvalue weighted by Crippen LogP contribution is -2.19. The molecule has 3 rings (SSSR count). The number of esters is 1. The first-order valence-corrected chi connectivity index (χ1v) is 8.74. The molecule has 0 atom stereocenters. The molecular formula is C19H18N4O4S. The highest BCUT2D eigenvalue weighted by atomic mass is 32.1. The molecular weight excluding hydrogens is 380 g/mol. The minimum atomic E-state index is -0.528. The fourth-order valence-corrected chi connectivity index (χ4v) is 2.69. The molecule has 8 nitrogen and oxygen atoms in total. The van der Waals surface area contributed by atoms with Gasteiger partial charge >= 0.3 is 5.97 Å². The van der Waals surface area contributed by atoms with Gasteiger partial charge in [-0.25, -0.2) is 4.79 Å². The zero-order valence-electron chi connectivity index (χ0n) is 15.3. The summed E-state index contributed by atoms with van der Waals surface area (Å²) in [6.45, 7) is 1.86. The number of Topliss-reactive ketones (excluding diaryl/α,β-unsaturated/α-hetero) is 1. The lowest BCUT2D eigenvalue weighted by atomic mass is 10.1. The average molecular weight is 398 g/mol. The Balaban J connectivity index is 1.59. The molecule has 0 spiro atoms. The third-order valence-electron chi connectivity index (χ3n) is 3.78. The van der Waals surface area contributed by atoms with Crippen LogP contribution in [0.25, 0.3) is 0 Å². The number of methoxy groups -OCH3 is 1. The smallest absolute Gasteiger partial charge is 0.373 e. The molecule has 3 aromatic rings. The number of anilines is 2. The maximum absolute atomic E-state index is 11.5. The largest absolute Gasteiger partial charge is 0.463 e. The van der Waals surface area contributed by atoms with E-state index in [-0.39, 0.29) is 11.5 Å². The fourth-order valence-electron chi connectivity index (χ4n) is 2.46. The summed E-state index contributed by atoms with van der Waals surface area (Å²) < 4.78 is 11.7. The van der Waals surface area contributed by atoms with Gasteiger partial charge in [0.25, 0.3) is 0 Å². The highest BCUT2D eigenvalue weighted by Gasteiger charge is 2.12. The Morgan fingerprint density at radius 1 is 1.21 bits per heavy atom. The summed E-state index contributed by atoms with van der Waals surface area (Å²) in [5.41, 5.74) is 1.99. The number of ether oxygens (including phenoxy) is 1. The zero-order valence-corrected chi connectivity index (χ0v) is 16.1. The van der Waals surface area contributed by atoms with E-state index in [1.807, 2.05) is 6.07 Å². The number of furan rings is 1. The molecule has 0 saturated heterocycles. The third kappa shape index (κ3) is 4.83. The minimum Gasteiger partial charge on any atom is -0.463 e. The van der Waals surface area contributed by atoms with E-state index in [1.165, 1.54) is 14.0 Å². The van der Waals surface area contributed by atoms with Crippen LogP contribution in [0.3, 0.4) is 0 Å². The van der Waals surface area contributed by atoms with E-state index in [2.05, 4.69) is 20.5 Å². The highest BCUT2D eigenvalue weighted by Crippen LogP contribution is 2.14. The van der Waals surface area contributed by atoms with Crippen molar-refractivity contribution in [1.82, 2.24) is 9.78 Å². The maximum atomic E-state index is 11.5. The third-order valence-corrected chi connectivity index (χ3v) is 3.99. The summed E-state index contributed by atoms with van der Waals surface area (Å²) in [6.07, 6.45) is 3.37. The number of hydrogen-bond donors (Lipinski definition) is 2. The molecule has 0 fully saturated rings. The van der Waals surface area contributed by atoms with Crippen LogP contribution in [0, 0.1) is 0 Å². The number of nitrogens with one attached hydrogen (secondary N) is 2. The molecule has 2 aromatic heterocycles. The van der Waals surface area contributed by atoms with E-state index in [1.54, 1.807) is 47.4 Å². The van der Waals surface area contributed by atoms with Crippen LogP contribution in [0.2, 0.25) is 0 Å². The van der Waals surface area contributed by atoms with Crippen LogP contribution >= 0.6 is 12.2 Å². The lowest BCUT2D eigenvalue weighted by molar-refractivity contribution is 0.0562. The normalized spacial score (nSPS) is 10.4. The van der Waals surface area contributed by atoms with Crippen molar-refractivity contribution in [3.8, 4) is 0 Å². The zero-order chi connectivity index (χ0) is 20.1. The average Bonchev–Trinajstić information content (AvgIpc) is 3.31. The molecule has 0 aliphatic heterocycles. The van der Waals surface area contributed by atoms with Gasteiger partial charge < -0.3 is 19.8 Å². The summed E-state index contributed by atoms with van der Waals surface area (Å²) in [4.78, 5) is 22.9. The van der Waals surface area contributed by atoms with E-state index in [0.717, 1.165) is 0 Å². The van der Waals surface area contributed by atoms with Crippen LogP contribution in [-0.2, 0) is 11.3 Å². The van der Waals surface area contributed by atoms with Crippen LogP contribution in [0.5, 0.6) is 0 Å². The molecule has 2 N–H and O–H groups in total. The monoisotopic (exact) mass is 398 g/mol. The molecule has 9 heteroatoms. The van der Waals surface area contributed by atoms with Crippen molar-refractivity contribution in [3.63, 3.8) is 0 Å². The predicted molar refractivity (Wildman–Crippen MR) is 108 cm³/mol. The number of aromatic nitrogens is 2. The van der Waals surface area contributed by atoms with Gasteiger partial charge in [0.1, 0.15) is 5.76 Å². The van der Waals surface area contributed by atoms with E-state index in [9.17, 15) is 9.59 Å². The van der Waals surface area contributed by atoms with Gasteiger partial charge in [0.2, 0.25) is 5.76 Å². The van der Waals surface area contributed by atoms with Crippen molar-refractivity contribution in [1.29, 1.82) is 0 Å². The first-order chi connectivity index (χ1) is 13.4. The summed E-state index contributed by atoms with van der Waals surface area (Å²) in [7, 11) is 1.29. The van der Waals surface area contributed by atoms with Gasteiger partial charge in [-0.1, -0.05) is 12.1 Å². The molecule has 1 aromatic carbocycles. The van der Waals surface area contributed by atoms with Crippen molar-refractivity contribution in [2.45, 2.75) is 13.5 Å². The van der Waals surface area contributed by atoms with Gasteiger partial charge in [0, 0.05) is 17.4 Å². The standard InChI is InChI=1S/C19H18N4O4S/c1-12(24)13-4-3-5-14(8-13)21-19(28)22-15-9-20-23(10-15)11-16-6-7-17(27-16)18(25)26-2/h3-10H,11H2,1-2H3,(H2,21,22,28). The number of benzene rings is 1. The number of nitrogens with zero attached hydrogens (tertiary/aromatic N) is 2. The van der Waals surface area contributed by atoms with Gasteiger partial charge in [0.05, 0.1) is 25.5 Å². The first kappa shape index (κ1) is 19.3. The van der Waals surface area contributed by atoms with E-state index < -0.39 is 5.97 Å².